The maximum atomic E-state index is 13.4. The highest BCUT2D eigenvalue weighted by Gasteiger charge is 2.11. The van der Waals surface area contributed by atoms with Crippen LogP contribution in [0.3, 0.4) is 0 Å². The van der Waals surface area contributed by atoms with Crippen LogP contribution in [0.1, 0.15) is 23.6 Å². The van der Waals surface area contributed by atoms with Crippen LogP contribution in [0, 0.1) is 12.7 Å². The first-order valence-electron chi connectivity index (χ1n) is 4.28. The maximum Gasteiger partial charge on any atom is 0.130 e. The van der Waals surface area contributed by atoms with Crippen LogP contribution in [0.5, 0.6) is 0 Å². The van der Waals surface area contributed by atoms with Gasteiger partial charge in [-0.2, -0.15) is 0 Å². The Bertz CT molecular complexity index is 288. The first-order valence-corrected chi connectivity index (χ1v) is 4.28. The molecule has 0 saturated carbocycles. The minimum absolute atomic E-state index is 0.0193. The summed E-state index contributed by atoms with van der Waals surface area (Å²) in [4.78, 5) is 0. The van der Waals surface area contributed by atoms with Crippen molar-refractivity contribution in [1.82, 2.24) is 0 Å². The number of halogens is 1. The Morgan fingerprint density at radius 1 is 1.54 bits per heavy atom. The van der Waals surface area contributed by atoms with Crippen molar-refractivity contribution < 1.29 is 9.50 Å². The van der Waals surface area contributed by atoms with Crippen LogP contribution >= 0.6 is 0 Å². The molecule has 0 aliphatic carbocycles. The molecule has 0 heterocycles. The average Bonchev–Trinajstić information content (AvgIpc) is 2.10. The molecule has 13 heavy (non-hydrogen) atoms. The van der Waals surface area contributed by atoms with Crippen LogP contribution in [-0.4, -0.2) is 11.7 Å². The van der Waals surface area contributed by atoms with E-state index in [1.165, 1.54) is 0 Å². The van der Waals surface area contributed by atoms with Crippen molar-refractivity contribution in [2.45, 2.75) is 19.4 Å². The Morgan fingerprint density at radius 2 is 2.23 bits per heavy atom. The predicted octanol–water partition coefficient (Wildman–Crippen LogP) is 1.52. The molecule has 0 aromatic heterocycles. The standard InChI is InChI=1S/C10H14FNO/c1-7-3-2-4-8(10(7)11)9(12)5-6-13/h2-4,9,13H,5-6,12H2,1H3/t9-/m0/s1. The van der Waals surface area contributed by atoms with Gasteiger partial charge in [-0.25, -0.2) is 4.39 Å². The highest BCUT2D eigenvalue weighted by atomic mass is 19.1. The Balaban J connectivity index is 2.93. The number of nitrogens with two attached hydrogens (primary N) is 1. The van der Waals surface area contributed by atoms with Gasteiger partial charge in [0.25, 0.3) is 0 Å². The van der Waals surface area contributed by atoms with Gasteiger partial charge in [-0.05, 0) is 18.9 Å². The smallest absolute Gasteiger partial charge is 0.130 e. The quantitative estimate of drug-likeness (QED) is 0.746. The number of hydrogen-bond acceptors (Lipinski definition) is 2. The molecule has 1 aromatic rings. The lowest BCUT2D eigenvalue weighted by Gasteiger charge is -2.12. The van der Waals surface area contributed by atoms with Crippen molar-refractivity contribution in [2.75, 3.05) is 6.61 Å². The Kier molecular flexibility index (Phi) is 3.39. The SMILES string of the molecule is Cc1cccc([C@@H](N)CCO)c1F. The van der Waals surface area contributed by atoms with Gasteiger partial charge in [-0.1, -0.05) is 18.2 Å². The molecule has 0 aliphatic heterocycles. The van der Waals surface area contributed by atoms with E-state index >= 15 is 0 Å². The van der Waals surface area contributed by atoms with Crippen LogP contribution in [0.15, 0.2) is 18.2 Å². The summed E-state index contributed by atoms with van der Waals surface area (Å²) >= 11 is 0. The van der Waals surface area contributed by atoms with E-state index in [0.717, 1.165) is 0 Å². The minimum atomic E-state index is -0.412. The van der Waals surface area contributed by atoms with Gasteiger partial charge in [0.15, 0.2) is 0 Å². The zero-order valence-electron chi connectivity index (χ0n) is 7.63. The van der Waals surface area contributed by atoms with Crippen LogP contribution in [0.4, 0.5) is 4.39 Å². The second-order valence-electron chi connectivity index (χ2n) is 3.10. The summed E-state index contributed by atoms with van der Waals surface area (Å²) in [5.74, 6) is -0.261. The van der Waals surface area contributed by atoms with E-state index in [1.807, 2.05) is 0 Å². The molecule has 3 N–H and O–H groups in total. The van der Waals surface area contributed by atoms with Crippen molar-refractivity contribution in [2.24, 2.45) is 5.73 Å². The number of hydrogen-bond donors (Lipinski definition) is 2. The predicted molar refractivity (Wildman–Crippen MR) is 49.8 cm³/mol. The van der Waals surface area contributed by atoms with E-state index < -0.39 is 6.04 Å². The van der Waals surface area contributed by atoms with Crippen LogP contribution in [0.25, 0.3) is 0 Å². The van der Waals surface area contributed by atoms with Crippen LogP contribution < -0.4 is 5.73 Å². The number of aryl methyl sites for hydroxylation is 1. The van der Waals surface area contributed by atoms with Gasteiger partial charge in [-0.15, -0.1) is 0 Å². The maximum absolute atomic E-state index is 13.4. The molecule has 1 atom stereocenters. The molecule has 1 aromatic carbocycles. The zero-order valence-corrected chi connectivity index (χ0v) is 7.63. The third kappa shape index (κ3) is 2.26. The first-order chi connectivity index (χ1) is 6.16. The normalized spacial score (nSPS) is 12.9. The van der Waals surface area contributed by atoms with E-state index in [2.05, 4.69) is 0 Å². The monoisotopic (exact) mass is 183 g/mol. The third-order valence-electron chi connectivity index (χ3n) is 2.06. The molecular formula is C10H14FNO. The van der Waals surface area contributed by atoms with Gasteiger partial charge >= 0.3 is 0 Å². The van der Waals surface area contributed by atoms with Crippen molar-refractivity contribution in [3.63, 3.8) is 0 Å². The topological polar surface area (TPSA) is 46.2 Å². The number of benzene rings is 1. The Morgan fingerprint density at radius 3 is 2.85 bits per heavy atom. The molecule has 1 rings (SSSR count). The summed E-state index contributed by atoms with van der Waals surface area (Å²) in [6.45, 7) is 1.68. The van der Waals surface area contributed by atoms with Gasteiger partial charge in [0.2, 0.25) is 0 Å². The number of aliphatic hydroxyl groups excluding tert-OH is 1. The Hall–Kier alpha value is -0.930. The van der Waals surface area contributed by atoms with Gasteiger partial charge in [0.05, 0.1) is 0 Å². The first kappa shape index (κ1) is 10.2. The lowest BCUT2D eigenvalue weighted by atomic mass is 10.0. The second-order valence-corrected chi connectivity index (χ2v) is 3.10. The van der Waals surface area contributed by atoms with Gasteiger partial charge in [-0.3, -0.25) is 0 Å². The summed E-state index contributed by atoms with van der Waals surface area (Å²) < 4.78 is 13.4. The summed E-state index contributed by atoms with van der Waals surface area (Å²) in [5, 5.41) is 8.66. The molecular weight excluding hydrogens is 169 g/mol. The van der Waals surface area contributed by atoms with Gasteiger partial charge < -0.3 is 10.8 Å². The summed E-state index contributed by atoms with van der Waals surface area (Å²) in [6.07, 6.45) is 0.389. The summed E-state index contributed by atoms with van der Waals surface area (Å²) in [6, 6.07) is 4.71. The fourth-order valence-electron chi connectivity index (χ4n) is 1.25. The molecule has 0 saturated heterocycles. The summed E-state index contributed by atoms with van der Waals surface area (Å²) in [7, 11) is 0. The molecule has 0 aliphatic rings. The fraction of sp³-hybridized carbons (Fsp3) is 0.400. The molecule has 2 nitrogen and oxygen atoms in total. The highest BCUT2D eigenvalue weighted by molar-refractivity contribution is 5.27. The molecule has 0 radical (unpaired) electrons. The fourth-order valence-corrected chi connectivity index (χ4v) is 1.25. The molecule has 0 spiro atoms. The molecule has 0 amide bonds. The zero-order chi connectivity index (χ0) is 9.84. The molecule has 3 heteroatoms. The highest BCUT2D eigenvalue weighted by Crippen LogP contribution is 2.19. The Labute approximate surface area is 77.2 Å². The largest absolute Gasteiger partial charge is 0.396 e. The lowest BCUT2D eigenvalue weighted by molar-refractivity contribution is 0.275. The van der Waals surface area contributed by atoms with E-state index in [4.69, 9.17) is 10.8 Å². The molecule has 0 bridgehead atoms. The number of rotatable bonds is 3. The van der Waals surface area contributed by atoms with Crippen molar-refractivity contribution in [1.29, 1.82) is 0 Å². The van der Waals surface area contributed by atoms with Crippen molar-refractivity contribution >= 4 is 0 Å². The van der Waals surface area contributed by atoms with Crippen molar-refractivity contribution in [3.05, 3.63) is 35.1 Å². The summed E-state index contributed by atoms with van der Waals surface area (Å²) in [5.41, 5.74) is 6.74. The third-order valence-corrected chi connectivity index (χ3v) is 2.06. The van der Waals surface area contributed by atoms with E-state index in [-0.39, 0.29) is 12.4 Å². The number of aliphatic hydroxyl groups is 1. The van der Waals surface area contributed by atoms with E-state index in [9.17, 15) is 4.39 Å². The van der Waals surface area contributed by atoms with Crippen LogP contribution in [0.2, 0.25) is 0 Å². The minimum Gasteiger partial charge on any atom is -0.396 e. The van der Waals surface area contributed by atoms with Gasteiger partial charge in [0, 0.05) is 18.2 Å². The van der Waals surface area contributed by atoms with Gasteiger partial charge in [0.1, 0.15) is 5.82 Å². The van der Waals surface area contributed by atoms with Crippen molar-refractivity contribution in [3.8, 4) is 0 Å². The molecule has 0 unspecified atom stereocenters. The molecule has 0 fully saturated rings. The van der Waals surface area contributed by atoms with Crippen LogP contribution in [-0.2, 0) is 0 Å². The second kappa shape index (κ2) is 4.35. The molecule has 72 valence electrons. The average molecular weight is 183 g/mol. The lowest BCUT2D eigenvalue weighted by Crippen LogP contribution is -2.14. The van der Waals surface area contributed by atoms with E-state index in [1.54, 1.807) is 25.1 Å². The van der Waals surface area contributed by atoms with E-state index in [0.29, 0.717) is 17.5 Å².